The Morgan fingerprint density at radius 2 is 2.05 bits per heavy atom. The third-order valence-corrected chi connectivity index (χ3v) is 4.95. The molecule has 2 N–H and O–H groups in total. The number of nitrogens with one attached hydrogen (secondary N) is 2. The van der Waals surface area contributed by atoms with Crippen molar-refractivity contribution >= 4 is 17.3 Å². The van der Waals surface area contributed by atoms with E-state index in [1.165, 1.54) is 43.4 Å². The van der Waals surface area contributed by atoms with E-state index in [2.05, 4.69) is 36.6 Å². The Morgan fingerprint density at radius 3 is 2.90 bits per heavy atom. The molecule has 1 fully saturated rings. The summed E-state index contributed by atoms with van der Waals surface area (Å²) in [5, 5.41) is 6.65. The molecule has 0 radical (unpaired) electrons. The predicted octanol–water partition coefficient (Wildman–Crippen LogP) is 4.34. The molecule has 1 atom stereocenters. The number of carbonyl (C=O) groups excluding carboxylic acids is 1. The van der Waals surface area contributed by atoms with Crippen LogP contribution in [0.1, 0.15) is 57.9 Å². The SMILES string of the molecule is CC1(C)CCCC(Nc2ccc3c(c2)CCC(=O)N3)CC1. The van der Waals surface area contributed by atoms with Gasteiger partial charge in [-0.1, -0.05) is 20.3 Å². The van der Waals surface area contributed by atoms with Gasteiger partial charge in [-0.15, -0.1) is 0 Å². The molecule has 1 amide bonds. The molecule has 1 aromatic carbocycles. The number of carbonyl (C=O) groups is 1. The maximum absolute atomic E-state index is 11.4. The van der Waals surface area contributed by atoms with Crippen molar-refractivity contribution < 1.29 is 4.79 Å². The normalized spacial score (nSPS) is 24.7. The molecular formula is C18H26N2O. The molecule has 0 saturated heterocycles. The summed E-state index contributed by atoms with van der Waals surface area (Å²) in [4.78, 5) is 11.4. The molecule has 1 unspecified atom stereocenters. The van der Waals surface area contributed by atoms with Gasteiger partial charge in [0.15, 0.2) is 0 Å². The Hall–Kier alpha value is -1.51. The van der Waals surface area contributed by atoms with Crippen molar-refractivity contribution in [2.75, 3.05) is 10.6 Å². The average molecular weight is 286 g/mol. The van der Waals surface area contributed by atoms with Crippen molar-refractivity contribution in [3.05, 3.63) is 23.8 Å². The molecule has 0 spiro atoms. The van der Waals surface area contributed by atoms with Crippen molar-refractivity contribution in [2.45, 2.75) is 64.8 Å². The second-order valence-electron chi connectivity index (χ2n) is 7.36. The van der Waals surface area contributed by atoms with Crippen LogP contribution in [0.15, 0.2) is 18.2 Å². The van der Waals surface area contributed by atoms with Crippen molar-refractivity contribution in [3.8, 4) is 0 Å². The number of anilines is 2. The summed E-state index contributed by atoms with van der Waals surface area (Å²) in [6.45, 7) is 4.77. The zero-order valence-corrected chi connectivity index (χ0v) is 13.2. The second-order valence-corrected chi connectivity index (χ2v) is 7.36. The van der Waals surface area contributed by atoms with Crippen LogP contribution in [0.5, 0.6) is 0 Å². The number of benzene rings is 1. The lowest BCUT2D eigenvalue weighted by molar-refractivity contribution is -0.116. The van der Waals surface area contributed by atoms with Gasteiger partial charge in [0.1, 0.15) is 0 Å². The van der Waals surface area contributed by atoms with E-state index >= 15 is 0 Å². The third kappa shape index (κ3) is 3.58. The zero-order valence-electron chi connectivity index (χ0n) is 13.2. The Morgan fingerprint density at radius 1 is 1.19 bits per heavy atom. The van der Waals surface area contributed by atoms with Crippen LogP contribution < -0.4 is 10.6 Å². The van der Waals surface area contributed by atoms with Gasteiger partial charge in [0, 0.05) is 23.8 Å². The molecule has 0 aromatic heterocycles. The maximum atomic E-state index is 11.4. The van der Waals surface area contributed by atoms with Crippen molar-refractivity contribution in [3.63, 3.8) is 0 Å². The molecule has 3 nitrogen and oxygen atoms in total. The Bertz CT molecular complexity index is 536. The topological polar surface area (TPSA) is 41.1 Å². The van der Waals surface area contributed by atoms with E-state index in [9.17, 15) is 4.79 Å². The number of hydrogen-bond donors (Lipinski definition) is 2. The number of rotatable bonds is 2. The van der Waals surface area contributed by atoms with Gasteiger partial charge < -0.3 is 10.6 Å². The summed E-state index contributed by atoms with van der Waals surface area (Å²) in [7, 11) is 0. The van der Waals surface area contributed by atoms with E-state index in [0.29, 0.717) is 17.9 Å². The highest BCUT2D eigenvalue weighted by atomic mass is 16.1. The monoisotopic (exact) mass is 286 g/mol. The van der Waals surface area contributed by atoms with E-state index in [1.54, 1.807) is 0 Å². The molecule has 1 aliphatic carbocycles. The van der Waals surface area contributed by atoms with Crippen molar-refractivity contribution in [1.82, 2.24) is 0 Å². The molecule has 1 saturated carbocycles. The number of fused-ring (bicyclic) bond motifs is 1. The number of amides is 1. The van der Waals surface area contributed by atoms with Gasteiger partial charge in [0.25, 0.3) is 0 Å². The highest BCUT2D eigenvalue weighted by molar-refractivity contribution is 5.94. The molecule has 1 aromatic rings. The molecule has 1 heterocycles. The standard InChI is InChI=1S/C18H26N2O/c1-18(2)10-3-4-14(9-11-18)19-15-6-7-16-13(12-15)5-8-17(21)20-16/h6-7,12,14,19H,3-5,8-11H2,1-2H3,(H,20,21). The lowest BCUT2D eigenvalue weighted by Crippen LogP contribution is -2.21. The van der Waals surface area contributed by atoms with E-state index < -0.39 is 0 Å². The first kappa shape index (κ1) is 14.4. The molecular weight excluding hydrogens is 260 g/mol. The minimum Gasteiger partial charge on any atom is -0.382 e. The van der Waals surface area contributed by atoms with Gasteiger partial charge >= 0.3 is 0 Å². The van der Waals surface area contributed by atoms with E-state index in [4.69, 9.17) is 0 Å². The Kier molecular flexibility index (Phi) is 3.92. The van der Waals surface area contributed by atoms with Gasteiger partial charge in [-0.2, -0.15) is 0 Å². The van der Waals surface area contributed by atoms with Crippen LogP contribution in [0, 0.1) is 5.41 Å². The second kappa shape index (κ2) is 5.70. The first-order valence-electron chi connectivity index (χ1n) is 8.21. The first-order chi connectivity index (χ1) is 10.0. The molecule has 0 bridgehead atoms. The smallest absolute Gasteiger partial charge is 0.224 e. The molecule has 2 aliphatic rings. The van der Waals surface area contributed by atoms with Crippen LogP contribution in [0.3, 0.4) is 0 Å². The van der Waals surface area contributed by atoms with Gasteiger partial charge in [0.05, 0.1) is 0 Å². The van der Waals surface area contributed by atoms with Gasteiger partial charge in [-0.25, -0.2) is 0 Å². The van der Waals surface area contributed by atoms with Crippen LogP contribution >= 0.6 is 0 Å². The minimum absolute atomic E-state index is 0.134. The lowest BCUT2D eigenvalue weighted by atomic mass is 9.85. The molecule has 1 aliphatic heterocycles. The van der Waals surface area contributed by atoms with Gasteiger partial charge in [-0.3, -0.25) is 4.79 Å². The van der Waals surface area contributed by atoms with Crippen LogP contribution in [-0.4, -0.2) is 11.9 Å². The van der Waals surface area contributed by atoms with E-state index in [-0.39, 0.29) is 5.91 Å². The van der Waals surface area contributed by atoms with Crippen LogP contribution in [0.4, 0.5) is 11.4 Å². The maximum Gasteiger partial charge on any atom is 0.224 e. The molecule has 114 valence electrons. The highest BCUT2D eigenvalue weighted by Crippen LogP contribution is 2.35. The van der Waals surface area contributed by atoms with Gasteiger partial charge in [-0.05, 0) is 61.3 Å². The first-order valence-corrected chi connectivity index (χ1v) is 8.21. The Balaban J connectivity index is 1.67. The summed E-state index contributed by atoms with van der Waals surface area (Å²) < 4.78 is 0. The summed E-state index contributed by atoms with van der Waals surface area (Å²) in [6.07, 6.45) is 7.92. The molecule has 3 rings (SSSR count). The Labute approximate surface area is 127 Å². The minimum atomic E-state index is 0.134. The summed E-state index contributed by atoms with van der Waals surface area (Å²) in [5.74, 6) is 0.134. The van der Waals surface area contributed by atoms with Crippen LogP contribution in [-0.2, 0) is 11.2 Å². The average Bonchev–Trinajstić information content (AvgIpc) is 2.60. The van der Waals surface area contributed by atoms with E-state index in [0.717, 1.165) is 12.1 Å². The highest BCUT2D eigenvalue weighted by Gasteiger charge is 2.24. The van der Waals surface area contributed by atoms with E-state index in [1.807, 2.05) is 6.07 Å². The summed E-state index contributed by atoms with van der Waals surface area (Å²) in [5.41, 5.74) is 3.94. The number of aryl methyl sites for hydroxylation is 1. The third-order valence-electron chi connectivity index (χ3n) is 4.95. The van der Waals surface area contributed by atoms with Gasteiger partial charge in [0.2, 0.25) is 5.91 Å². The summed E-state index contributed by atoms with van der Waals surface area (Å²) >= 11 is 0. The van der Waals surface area contributed by atoms with Crippen LogP contribution in [0.25, 0.3) is 0 Å². The fourth-order valence-corrected chi connectivity index (χ4v) is 3.51. The van der Waals surface area contributed by atoms with Crippen molar-refractivity contribution in [1.29, 1.82) is 0 Å². The van der Waals surface area contributed by atoms with Crippen molar-refractivity contribution in [2.24, 2.45) is 5.41 Å². The molecule has 3 heteroatoms. The number of hydrogen-bond acceptors (Lipinski definition) is 2. The lowest BCUT2D eigenvalue weighted by Gasteiger charge is -2.23. The van der Waals surface area contributed by atoms with Crippen LogP contribution in [0.2, 0.25) is 0 Å². The fourth-order valence-electron chi connectivity index (χ4n) is 3.51. The summed E-state index contributed by atoms with van der Waals surface area (Å²) in [6, 6.07) is 6.93. The fraction of sp³-hybridized carbons (Fsp3) is 0.611. The quantitative estimate of drug-likeness (QED) is 0.794. The molecule has 21 heavy (non-hydrogen) atoms. The predicted molar refractivity (Wildman–Crippen MR) is 87.7 cm³/mol. The largest absolute Gasteiger partial charge is 0.382 e. The zero-order chi connectivity index (χ0) is 14.9.